The maximum Gasteiger partial charge on any atom is 0.410 e. The van der Waals surface area contributed by atoms with Gasteiger partial charge in [-0.3, -0.25) is 4.79 Å². The van der Waals surface area contributed by atoms with Crippen LogP contribution in [0.15, 0.2) is 73.1 Å². The zero-order valence-corrected chi connectivity index (χ0v) is 22.6. The number of aryl methyl sites for hydroxylation is 2. The van der Waals surface area contributed by atoms with Crippen LogP contribution >= 0.6 is 0 Å². The molecule has 0 atom stereocenters. The largest absolute Gasteiger partial charge is 0.444 e. The van der Waals surface area contributed by atoms with Gasteiger partial charge in [-0.2, -0.15) is 5.10 Å². The van der Waals surface area contributed by atoms with Gasteiger partial charge in [0.15, 0.2) is 5.65 Å². The summed E-state index contributed by atoms with van der Waals surface area (Å²) in [5, 5.41) is 7.45. The summed E-state index contributed by atoms with van der Waals surface area (Å²) in [6, 6.07) is 19.7. The van der Waals surface area contributed by atoms with Crippen molar-refractivity contribution in [1.82, 2.24) is 19.5 Å². The third-order valence-electron chi connectivity index (χ3n) is 6.62. The molecule has 202 valence electrons. The summed E-state index contributed by atoms with van der Waals surface area (Å²) in [7, 11) is 0. The lowest BCUT2D eigenvalue weighted by Gasteiger charge is -2.37. The quantitative estimate of drug-likeness (QED) is 0.387. The summed E-state index contributed by atoms with van der Waals surface area (Å²) in [4.78, 5) is 34.3. The maximum atomic E-state index is 13.3. The normalized spacial score (nSPS) is 13.9. The number of amides is 2. The fourth-order valence-corrected chi connectivity index (χ4v) is 4.64. The molecule has 5 rings (SSSR count). The Balaban J connectivity index is 1.26. The zero-order valence-electron chi connectivity index (χ0n) is 22.6. The Kier molecular flexibility index (Phi) is 7.49. The van der Waals surface area contributed by atoms with Crippen molar-refractivity contribution in [2.24, 2.45) is 0 Å². The molecular weight excluding hydrogens is 492 g/mol. The summed E-state index contributed by atoms with van der Waals surface area (Å²) in [5.74, 6) is -0.285. The van der Waals surface area contributed by atoms with Crippen molar-refractivity contribution in [2.45, 2.75) is 39.2 Å². The summed E-state index contributed by atoms with van der Waals surface area (Å²) < 4.78 is 7.22. The summed E-state index contributed by atoms with van der Waals surface area (Å²) in [5.41, 5.74) is 4.34. The molecule has 1 saturated heterocycles. The van der Waals surface area contributed by atoms with Gasteiger partial charge in [0, 0.05) is 37.9 Å². The van der Waals surface area contributed by atoms with Crippen LogP contribution in [-0.2, 0) is 17.6 Å². The van der Waals surface area contributed by atoms with Crippen molar-refractivity contribution < 1.29 is 14.3 Å². The molecule has 9 nitrogen and oxygen atoms in total. The van der Waals surface area contributed by atoms with E-state index in [1.807, 2.05) is 69.4 Å². The van der Waals surface area contributed by atoms with Gasteiger partial charge in [-0.1, -0.05) is 42.5 Å². The molecule has 0 aliphatic carbocycles. The van der Waals surface area contributed by atoms with Gasteiger partial charge in [-0.25, -0.2) is 14.3 Å². The van der Waals surface area contributed by atoms with Gasteiger partial charge in [-0.15, -0.1) is 0 Å². The number of nitrogens with one attached hydrogen (secondary N) is 1. The van der Waals surface area contributed by atoms with Crippen molar-refractivity contribution in [3.63, 3.8) is 0 Å². The number of ether oxygens (including phenoxy) is 1. The van der Waals surface area contributed by atoms with Crippen LogP contribution in [0, 0.1) is 0 Å². The van der Waals surface area contributed by atoms with Crippen LogP contribution in [0.1, 0.15) is 42.4 Å². The predicted octanol–water partition coefficient (Wildman–Crippen LogP) is 4.82. The minimum absolute atomic E-state index is 0.285. The van der Waals surface area contributed by atoms with Crippen LogP contribution in [0.25, 0.3) is 5.65 Å². The third kappa shape index (κ3) is 6.37. The highest BCUT2D eigenvalue weighted by Crippen LogP contribution is 2.27. The van der Waals surface area contributed by atoms with Gasteiger partial charge < -0.3 is 19.9 Å². The Morgan fingerprint density at radius 3 is 2.38 bits per heavy atom. The number of rotatable bonds is 6. The van der Waals surface area contributed by atoms with Gasteiger partial charge in [0.1, 0.15) is 11.3 Å². The first-order chi connectivity index (χ1) is 18.8. The second-order valence-electron chi connectivity index (χ2n) is 10.7. The number of hydrogen-bond donors (Lipinski definition) is 1. The lowest BCUT2D eigenvalue weighted by Crippen LogP contribution is -2.50. The average Bonchev–Trinajstić information content (AvgIpc) is 3.34. The molecule has 1 N–H and O–H groups in total. The topological polar surface area (TPSA) is 92.1 Å². The number of anilines is 2. The molecule has 0 radical (unpaired) electrons. The van der Waals surface area contributed by atoms with Crippen molar-refractivity contribution in [2.75, 3.05) is 36.4 Å². The van der Waals surface area contributed by atoms with Gasteiger partial charge >= 0.3 is 6.09 Å². The number of piperazine rings is 1. The van der Waals surface area contributed by atoms with E-state index in [-0.39, 0.29) is 12.0 Å². The van der Waals surface area contributed by atoms with Crippen LogP contribution in [-0.4, -0.2) is 63.3 Å². The Labute approximate surface area is 228 Å². The number of carbonyl (C=O) groups excluding carboxylic acids is 2. The number of para-hydroxylation sites is 2. The fraction of sp³-hybridized carbons (Fsp3) is 0.333. The number of hydrogen-bond acceptors (Lipinski definition) is 6. The Morgan fingerprint density at radius 1 is 0.923 bits per heavy atom. The minimum Gasteiger partial charge on any atom is -0.444 e. The van der Waals surface area contributed by atoms with Gasteiger partial charge in [0.25, 0.3) is 5.91 Å². The number of carbonyl (C=O) groups is 2. The molecule has 0 saturated carbocycles. The highest BCUT2D eigenvalue weighted by atomic mass is 16.6. The van der Waals surface area contributed by atoms with Crippen LogP contribution in [0.4, 0.5) is 16.2 Å². The monoisotopic (exact) mass is 526 g/mol. The first kappa shape index (κ1) is 26.2. The Morgan fingerprint density at radius 2 is 1.64 bits per heavy atom. The van der Waals surface area contributed by atoms with Crippen molar-refractivity contribution in [3.05, 3.63) is 89.9 Å². The molecule has 1 fully saturated rings. The highest BCUT2D eigenvalue weighted by molar-refractivity contribution is 6.05. The molecule has 0 spiro atoms. The predicted molar refractivity (Wildman–Crippen MR) is 151 cm³/mol. The standard InChI is InChI=1S/C30H34N6O3/c1-30(2,3)39-29(38)35-19-17-34(18-20-35)26-12-8-7-11-24(26)33-28(37)25-15-16-36-27(32-25)23(21-31-36)14-13-22-9-5-4-6-10-22/h4-12,15-16,21H,13-14,17-20H2,1-3H3,(H,33,37). The smallest absolute Gasteiger partial charge is 0.410 e. The number of fused-ring (bicyclic) bond motifs is 1. The van der Waals surface area contributed by atoms with Crippen molar-refractivity contribution >= 4 is 29.0 Å². The molecule has 9 heteroatoms. The first-order valence-corrected chi connectivity index (χ1v) is 13.3. The summed E-state index contributed by atoms with van der Waals surface area (Å²) in [6.07, 6.45) is 4.94. The molecule has 1 aliphatic heterocycles. The molecular formula is C30H34N6O3. The highest BCUT2D eigenvalue weighted by Gasteiger charge is 2.27. The van der Waals surface area contributed by atoms with Gasteiger partial charge in [0.05, 0.1) is 17.6 Å². The Bertz CT molecular complexity index is 1450. The van der Waals surface area contributed by atoms with E-state index in [1.54, 1.807) is 21.7 Å². The molecule has 2 amide bonds. The van der Waals surface area contributed by atoms with Crippen molar-refractivity contribution in [1.29, 1.82) is 0 Å². The average molecular weight is 527 g/mol. The van der Waals surface area contributed by atoms with Crippen molar-refractivity contribution in [3.8, 4) is 0 Å². The molecule has 0 unspecified atom stereocenters. The molecule has 3 heterocycles. The van der Waals surface area contributed by atoms with E-state index in [0.29, 0.717) is 43.2 Å². The SMILES string of the molecule is CC(C)(C)OC(=O)N1CCN(c2ccccc2NC(=O)c2ccn3ncc(CCc4ccccc4)c3n2)CC1. The molecule has 2 aromatic heterocycles. The number of aromatic nitrogens is 3. The summed E-state index contributed by atoms with van der Waals surface area (Å²) >= 11 is 0. The Hall–Kier alpha value is -4.40. The third-order valence-corrected chi connectivity index (χ3v) is 6.62. The van der Waals surface area contributed by atoms with E-state index in [4.69, 9.17) is 4.74 Å². The van der Waals surface area contributed by atoms with E-state index in [9.17, 15) is 9.59 Å². The maximum absolute atomic E-state index is 13.3. The number of benzene rings is 2. The van der Waals surface area contributed by atoms with Crippen LogP contribution < -0.4 is 10.2 Å². The van der Waals surface area contributed by atoms with E-state index >= 15 is 0 Å². The molecule has 1 aliphatic rings. The lowest BCUT2D eigenvalue weighted by atomic mass is 10.1. The van der Waals surface area contributed by atoms with Crippen LogP contribution in [0.2, 0.25) is 0 Å². The molecule has 39 heavy (non-hydrogen) atoms. The van der Waals surface area contributed by atoms with E-state index in [0.717, 1.165) is 24.1 Å². The summed E-state index contributed by atoms with van der Waals surface area (Å²) in [6.45, 7) is 7.96. The molecule has 2 aromatic carbocycles. The second-order valence-corrected chi connectivity index (χ2v) is 10.7. The van der Waals surface area contributed by atoms with Gasteiger partial charge in [-0.05, 0) is 57.4 Å². The first-order valence-electron chi connectivity index (χ1n) is 13.3. The fourth-order valence-electron chi connectivity index (χ4n) is 4.64. The zero-order chi connectivity index (χ0) is 27.4. The minimum atomic E-state index is -0.526. The van der Waals surface area contributed by atoms with Crippen LogP contribution in [0.5, 0.6) is 0 Å². The number of nitrogens with zero attached hydrogens (tertiary/aromatic N) is 5. The molecule has 4 aromatic rings. The van der Waals surface area contributed by atoms with E-state index in [2.05, 4.69) is 32.4 Å². The molecule has 0 bridgehead atoms. The van der Waals surface area contributed by atoms with E-state index < -0.39 is 5.60 Å². The lowest BCUT2D eigenvalue weighted by molar-refractivity contribution is 0.0240. The van der Waals surface area contributed by atoms with E-state index in [1.165, 1.54) is 5.56 Å². The van der Waals surface area contributed by atoms with Crippen LogP contribution in [0.3, 0.4) is 0 Å². The second kappa shape index (κ2) is 11.1. The van der Waals surface area contributed by atoms with Gasteiger partial charge in [0.2, 0.25) is 0 Å².